The molecule has 1 unspecified atom stereocenters. The Morgan fingerprint density at radius 3 is 2.65 bits per heavy atom. The molecule has 1 aliphatic heterocycles. The van der Waals surface area contributed by atoms with E-state index in [1.54, 1.807) is 0 Å². The monoisotopic (exact) mass is 256 g/mol. The number of hydrogen-bond donors (Lipinski definition) is 1. The second kappa shape index (κ2) is 4.46. The third-order valence-corrected chi connectivity index (χ3v) is 4.97. The molecular formula is C11H12O5S. The van der Waals surface area contributed by atoms with Crippen molar-refractivity contribution >= 4 is 15.8 Å². The Morgan fingerprint density at radius 2 is 2.06 bits per heavy atom. The van der Waals surface area contributed by atoms with Gasteiger partial charge in [-0.2, -0.15) is 0 Å². The van der Waals surface area contributed by atoms with E-state index in [4.69, 9.17) is 9.84 Å². The van der Waals surface area contributed by atoms with Gasteiger partial charge in [0.25, 0.3) is 0 Å². The average molecular weight is 256 g/mol. The van der Waals surface area contributed by atoms with Crippen LogP contribution in [0.2, 0.25) is 0 Å². The number of benzene rings is 1. The number of carboxylic acid groups (broad SMARTS) is 1. The van der Waals surface area contributed by atoms with Crippen molar-refractivity contribution in [1.29, 1.82) is 0 Å². The number of hydrogen-bond acceptors (Lipinski definition) is 4. The molecule has 1 aliphatic rings. The summed E-state index contributed by atoms with van der Waals surface area (Å²) in [4.78, 5) is 10.9. The molecule has 5 nitrogen and oxygen atoms in total. The highest BCUT2D eigenvalue weighted by atomic mass is 32.2. The molecule has 0 amide bonds. The zero-order chi connectivity index (χ0) is 12.5. The Morgan fingerprint density at radius 1 is 1.35 bits per heavy atom. The molecule has 17 heavy (non-hydrogen) atoms. The Hall–Kier alpha value is -1.40. The normalized spacial score (nSPS) is 20.4. The second-order valence-electron chi connectivity index (χ2n) is 3.83. The third kappa shape index (κ3) is 2.18. The Balaban J connectivity index is 2.49. The van der Waals surface area contributed by atoms with Crippen LogP contribution in [0.25, 0.3) is 0 Å². The minimum absolute atomic E-state index is 0.122. The molecule has 0 bridgehead atoms. The van der Waals surface area contributed by atoms with Crippen molar-refractivity contribution in [3.05, 3.63) is 29.8 Å². The maximum Gasteiger partial charge on any atom is 0.337 e. The summed E-state index contributed by atoms with van der Waals surface area (Å²) in [7, 11) is -3.62. The number of sulfone groups is 1. The van der Waals surface area contributed by atoms with Crippen LogP contribution in [0.3, 0.4) is 0 Å². The SMILES string of the molecule is O=C(O)c1ccccc1S(=O)(=O)C1CCOC1. The van der Waals surface area contributed by atoms with Gasteiger partial charge in [-0.05, 0) is 18.6 Å². The first-order valence-electron chi connectivity index (χ1n) is 5.17. The number of ether oxygens (including phenoxy) is 1. The van der Waals surface area contributed by atoms with Crippen LogP contribution in [0.1, 0.15) is 16.8 Å². The molecule has 0 aromatic heterocycles. The van der Waals surface area contributed by atoms with Crippen molar-refractivity contribution in [2.75, 3.05) is 13.2 Å². The van der Waals surface area contributed by atoms with E-state index in [0.29, 0.717) is 13.0 Å². The summed E-state index contributed by atoms with van der Waals surface area (Å²) in [6.07, 6.45) is 0.413. The molecule has 1 heterocycles. The van der Waals surface area contributed by atoms with Crippen LogP contribution in [-0.4, -0.2) is 38.0 Å². The number of carbonyl (C=O) groups is 1. The van der Waals surface area contributed by atoms with Crippen LogP contribution in [0, 0.1) is 0 Å². The molecule has 1 aromatic carbocycles. The number of aromatic carboxylic acids is 1. The Bertz CT molecular complexity index is 529. The van der Waals surface area contributed by atoms with Crippen molar-refractivity contribution in [3.63, 3.8) is 0 Å². The fourth-order valence-corrected chi connectivity index (χ4v) is 3.60. The van der Waals surface area contributed by atoms with Gasteiger partial charge in [-0.1, -0.05) is 12.1 Å². The number of carboxylic acids is 1. The summed E-state index contributed by atoms with van der Waals surface area (Å²) < 4.78 is 29.5. The van der Waals surface area contributed by atoms with Crippen LogP contribution in [0.5, 0.6) is 0 Å². The predicted octanol–water partition coefficient (Wildman–Crippen LogP) is 0.947. The lowest BCUT2D eigenvalue weighted by molar-refractivity contribution is 0.0692. The Labute approximate surface area is 98.9 Å². The van der Waals surface area contributed by atoms with Gasteiger partial charge in [0.05, 0.1) is 22.3 Å². The van der Waals surface area contributed by atoms with E-state index in [1.807, 2.05) is 0 Å². The van der Waals surface area contributed by atoms with Gasteiger partial charge in [-0.15, -0.1) is 0 Å². The molecule has 2 rings (SSSR count). The highest BCUT2D eigenvalue weighted by Crippen LogP contribution is 2.25. The van der Waals surface area contributed by atoms with E-state index in [-0.39, 0.29) is 17.1 Å². The van der Waals surface area contributed by atoms with Crippen LogP contribution < -0.4 is 0 Å². The average Bonchev–Trinajstić information content (AvgIpc) is 2.83. The summed E-state index contributed by atoms with van der Waals surface area (Å²) in [5.74, 6) is -1.23. The first kappa shape index (κ1) is 12.1. The molecule has 6 heteroatoms. The van der Waals surface area contributed by atoms with Crippen LogP contribution >= 0.6 is 0 Å². The molecule has 0 aliphatic carbocycles. The zero-order valence-electron chi connectivity index (χ0n) is 9.00. The highest BCUT2D eigenvalue weighted by Gasteiger charge is 2.33. The summed E-state index contributed by atoms with van der Waals surface area (Å²) in [5, 5.41) is 8.34. The van der Waals surface area contributed by atoms with E-state index >= 15 is 0 Å². The molecule has 0 spiro atoms. The second-order valence-corrected chi connectivity index (χ2v) is 6.03. The summed E-state index contributed by atoms with van der Waals surface area (Å²) >= 11 is 0. The summed E-state index contributed by atoms with van der Waals surface area (Å²) in [6, 6.07) is 5.66. The fourth-order valence-electron chi connectivity index (χ4n) is 1.83. The van der Waals surface area contributed by atoms with Gasteiger partial charge in [0.15, 0.2) is 9.84 Å². The smallest absolute Gasteiger partial charge is 0.337 e. The van der Waals surface area contributed by atoms with Gasteiger partial charge in [-0.25, -0.2) is 13.2 Å². The summed E-state index contributed by atoms with van der Waals surface area (Å²) in [5.41, 5.74) is -0.181. The quantitative estimate of drug-likeness (QED) is 0.870. The topological polar surface area (TPSA) is 80.7 Å². The molecule has 92 valence electrons. The van der Waals surface area contributed by atoms with E-state index in [2.05, 4.69) is 0 Å². The van der Waals surface area contributed by atoms with Gasteiger partial charge < -0.3 is 9.84 Å². The lowest BCUT2D eigenvalue weighted by Gasteiger charge is -2.11. The van der Waals surface area contributed by atoms with Crippen molar-refractivity contribution in [2.45, 2.75) is 16.6 Å². The van der Waals surface area contributed by atoms with Crippen LogP contribution in [-0.2, 0) is 14.6 Å². The molecule has 1 atom stereocenters. The van der Waals surface area contributed by atoms with Crippen LogP contribution in [0.15, 0.2) is 29.2 Å². The first-order valence-corrected chi connectivity index (χ1v) is 6.72. The van der Waals surface area contributed by atoms with E-state index in [0.717, 1.165) is 0 Å². The molecular weight excluding hydrogens is 244 g/mol. The predicted molar refractivity (Wildman–Crippen MR) is 59.8 cm³/mol. The van der Waals surface area contributed by atoms with Gasteiger partial charge in [0.2, 0.25) is 0 Å². The third-order valence-electron chi connectivity index (χ3n) is 2.75. The summed E-state index contributed by atoms with van der Waals surface area (Å²) in [6.45, 7) is 0.537. The molecule has 1 saturated heterocycles. The molecule has 1 fully saturated rings. The van der Waals surface area contributed by atoms with Gasteiger partial charge in [0.1, 0.15) is 0 Å². The van der Waals surface area contributed by atoms with Crippen molar-refractivity contribution < 1.29 is 23.1 Å². The van der Waals surface area contributed by atoms with Gasteiger partial charge >= 0.3 is 5.97 Å². The lowest BCUT2D eigenvalue weighted by atomic mass is 10.2. The highest BCUT2D eigenvalue weighted by molar-refractivity contribution is 7.92. The first-order chi connectivity index (χ1) is 8.03. The fraction of sp³-hybridized carbons (Fsp3) is 0.364. The number of rotatable bonds is 3. The van der Waals surface area contributed by atoms with Crippen LogP contribution in [0.4, 0.5) is 0 Å². The van der Waals surface area contributed by atoms with Gasteiger partial charge in [0, 0.05) is 6.61 Å². The van der Waals surface area contributed by atoms with E-state index < -0.39 is 21.1 Å². The maximum absolute atomic E-state index is 12.2. The van der Waals surface area contributed by atoms with E-state index in [1.165, 1.54) is 24.3 Å². The van der Waals surface area contributed by atoms with Crippen molar-refractivity contribution in [1.82, 2.24) is 0 Å². The maximum atomic E-state index is 12.2. The minimum atomic E-state index is -3.62. The minimum Gasteiger partial charge on any atom is -0.478 e. The standard InChI is InChI=1S/C11H12O5S/c12-11(13)9-3-1-2-4-10(9)17(14,15)8-5-6-16-7-8/h1-4,8H,5-7H2,(H,12,13). The van der Waals surface area contributed by atoms with E-state index in [9.17, 15) is 13.2 Å². The van der Waals surface area contributed by atoms with Gasteiger partial charge in [-0.3, -0.25) is 0 Å². The Kier molecular flexibility index (Phi) is 3.17. The molecule has 0 radical (unpaired) electrons. The molecule has 1 aromatic rings. The zero-order valence-corrected chi connectivity index (χ0v) is 9.81. The lowest BCUT2D eigenvalue weighted by Crippen LogP contribution is -2.23. The largest absolute Gasteiger partial charge is 0.478 e. The van der Waals surface area contributed by atoms with Crippen molar-refractivity contribution in [3.8, 4) is 0 Å². The molecule has 1 N–H and O–H groups in total. The molecule has 0 saturated carbocycles. The van der Waals surface area contributed by atoms with Crippen molar-refractivity contribution in [2.24, 2.45) is 0 Å².